The molecule has 3 heterocycles. The van der Waals surface area contributed by atoms with Crippen molar-refractivity contribution < 1.29 is 13.2 Å². The lowest BCUT2D eigenvalue weighted by atomic mass is 9.93. The summed E-state index contributed by atoms with van der Waals surface area (Å²) in [6.07, 6.45) is -3.46. The summed E-state index contributed by atoms with van der Waals surface area (Å²) in [5, 5.41) is 9.00. The predicted octanol–water partition coefficient (Wildman–Crippen LogP) is 2.95. The predicted molar refractivity (Wildman–Crippen MR) is 111 cm³/mol. The van der Waals surface area contributed by atoms with Crippen molar-refractivity contribution in [2.24, 2.45) is 5.92 Å². The summed E-state index contributed by atoms with van der Waals surface area (Å²) < 4.78 is 38.4. The fourth-order valence-electron chi connectivity index (χ4n) is 4.42. The molecular weight excluding hydrogens is 405 g/mol. The third-order valence-electron chi connectivity index (χ3n) is 6.07. The van der Waals surface area contributed by atoms with Crippen molar-refractivity contribution in [3.8, 4) is 6.07 Å². The Morgan fingerprint density at radius 2 is 1.94 bits per heavy atom. The molecule has 2 unspecified atom stereocenters. The Hall–Kier alpha value is -2.67. The Morgan fingerprint density at radius 1 is 1.16 bits per heavy atom. The van der Waals surface area contributed by atoms with Crippen LogP contribution in [-0.4, -0.2) is 48.6 Å². The summed E-state index contributed by atoms with van der Waals surface area (Å²) in [4.78, 5) is 8.53. The van der Waals surface area contributed by atoms with E-state index in [0.29, 0.717) is 23.8 Å². The average Bonchev–Trinajstić information content (AvgIpc) is 3.21. The molecule has 2 aromatic rings. The van der Waals surface area contributed by atoms with Gasteiger partial charge in [-0.2, -0.15) is 18.4 Å². The van der Waals surface area contributed by atoms with Crippen LogP contribution >= 0.6 is 0 Å². The molecule has 1 aromatic heterocycles. The van der Waals surface area contributed by atoms with Crippen molar-refractivity contribution in [2.75, 3.05) is 37.6 Å². The van der Waals surface area contributed by atoms with Crippen molar-refractivity contribution in [1.82, 2.24) is 20.7 Å². The smallest absolute Gasteiger partial charge is 0.351 e. The molecule has 2 fully saturated rings. The van der Waals surface area contributed by atoms with Gasteiger partial charge < -0.3 is 4.90 Å². The molecular formula is C22H25F3N6. The highest BCUT2D eigenvalue weighted by atomic mass is 19.4. The number of halogens is 3. The zero-order chi connectivity index (χ0) is 22.0. The van der Waals surface area contributed by atoms with Gasteiger partial charge in [-0.3, -0.25) is 10.3 Å². The average molecular weight is 430 g/mol. The largest absolute Gasteiger partial charge is 0.417 e. The van der Waals surface area contributed by atoms with Crippen LogP contribution in [0.25, 0.3) is 0 Å². The summed E-state index contributed by atoms with van der Waals surface area (Å²) in [6, 6.07) is 12.7. The molecule has 0 spiro atoms. The summed E-state index contributed by atoms with van der Waals surface area (Å²) in [6.45, 7) is 6.19. The number of nitriles is 1. The molecule has 0 bridgehead atoms. The molecule has 2 aliphatic heterocycles. The van der Waals surface area contributed by atoms with Crippen LogP contribution < -0.4 is 15.8 Å². The molecule has 0 aliphatic carbocycles. The van der Waals surface area contributed by atoms with E-state index in [1.54, 1.807) is 0 Å². The van der Waals surface area contributed by atoms with Gasteiger partial charge in [0, 0.05) is 50.9 Å². The highest BCUT2D eigenvalue weighted by molar-refractivity contribution is 5.41. The number of nitrogens with zero attached hydrogens (tertiary/aromatic N) is 4. The van der Waals surface area contributed by atoms with Gasteiger partial charge in [0.15, 0.2) is 0 Å². The molecule has 0 radical (unpaired) electrons. The van der Waals surface area contributed by atoms with Crippen molar-refractivity contribution in [3.63, 3.8) is 0 Å². The van der Waals surface area contributed by atoms with E-state index in [9.17, 15) is 13.2 Å². The SMILES string of the molecule is C[C@@H]1CN(CC2CNNC2c2ccc(C#N)cc2)CCN1c1ccc(C(F)(F)F)cn1. The van der Waals surface area contributed by atoms with Crippen LogP contribution in [0.1, 0.15) is 29.7 Å². The van der Waals surface area contributed by atoms with E-state index in [2.05, 4.69) is 38.6 Å². The van der Waals surface area contributed by atoms with E-state index in [4.69, 9.17) is 5.26 Å². The first kappa shape index (κ1) is 21.6. The molecule has 164 valence electrons. The maximum Gasteiger partial charge on any atom is 0.417 e. The van der Waals surface area contributed by atoms with Gasteiger partial charge in [0.1, 0.15) is 5.82 Å². The minimum atomic E-state index is -4.37. The molecule has 2 aliphatic rings. The van der Waals surface area contributed by atoms with Crippen molar-refractivity contribution >= 4 is 5.82 Å². The third kappa shape index (κ3) is 4.82. The number of hydrogen-bond donors (Lipinski definition) is 2. The molecule has 1 aromatic carbocycles. The monoisotopic (exact) mass is 430 g/mol. The zero-order valence-electron chi connectivity index (χ0n) is 17.2. The first-order valence-electron chi connectivity index (χ1n) is 10.4. The van der Waals surface area contributed by atoms with Gasteiger partial charge in [-0.25, -0.2) is 10.4 Å². The molecule has 6 nitrogen and oxygen atoms in total. The van der Waals surface area contributed by atoms with Crippen LogP contribution in [0.2, 0.25) is 0 Å². The van der Waals surface area contributed by atoms with Crippen LogP contribution in [0.5, 0.6) is 0 Å². The van der Waals surface area contributed by atoms with Crippen LogP contribution in [0.3, 0.4) is 0 Å². The van der Waals surface area contributed by atoms with E-state index in [0.717, 1.165) is 44.0 Å². The molecule has 0 amide bonds. The number of alkyl halides is 3. The number of nitrogens with one attached hydrogen (secondary N) is 2. The Morgan fingerprint density at radius 3 is 2.55 bits per heavy atom. The van der Waals surface area contributed by atoms with Crippen LogP contribution in [-0.2, 0) is 6.18 Å². The topological polar surface area (TPSA) is 67.2 Å². The second kappa shape index (κ2) is 8.83. The number of anilines is 1. The third-order valence-corrected chi connectivity index (χ3v) is 6.07. The lowest BCUT2D eigenvalue weighted by molar-refractivity contribution is -0.137. The Kier molecular flexibility index (Phi) is 6.14. The molecule has 0 saturated carbocycles. The highest BCUT2D eigenvalue weighted by Gasteiger charge is 2.34. The van der Waals surface area contributed by atoms with Gasteiger partial charge in [0.05, 0.1) is 23.2 Å². The van der Waals surface area contributed by atoms with Gasteiger partial charge in [-0.15, -0.1) is 0 Å². The normalized spacial score (nSPS) is 24.9. The fraction of sp³-hybridized carbons (Fsp3) is 0.455. The lowest BCUT2D eigenvalue weighted by Gasteiger charge is -2.41. The number of hydrogen-bond acceptors (Lipinski definition) is 6. The molecule has 9 heteroatoms. The number of rotatable bonds is 4. The molecule has 31 heavy (non-hydrogen) atoms. The fourth-order valence-corrected chi connectivity index (χ4v) is 4.42. The zero-order valence-corrected chi connectivity index (χ0v) is 17.2. The van der Waals surface area contributed by atoms with Crippen LogP contribution in [0.15, 0.2) is 42.6 Å². The molecule has 4 rings (SSSR count). The Bertz CT molecular complexity index is 922. The van der Waals surface area contributed by atoms with Gasteiger partial charge in [0.2, 0.25) is 0 Å². The number of aromatic nitrogens is 1. The number of piperazine rings is 1. The van der Waals surface area contributed by atoms with E-state index in [1.165, 1.54) is 6.07 Å². The highest BCUT2D eigenvalue weighted by Crippen LogP contribution is 2.30. The Balaban J connectivity index is 1.37. The minimum Gasteiger partial charge on any atom is -0.351 e. The Labute approximate surface area is 179 Å². The first-order chi connectivity index (χ1) is 14.8. The van der Waals surface area contributed by atoms with E-state index in [1.807, 2.05) is 24.3 Å². The number of pyridine rings is 1. The maximum atomic E-state index is 12.8. The quantitative estimate of drug-likeness (QED) is 0.778. The molecule has 3 atom stereocenters. The molecule has 2 N–H and O–H groups in total. The van der Waals surface area contributed by atoms with Gasteiger partial charge in [0.25, 0.3) is 0 Å². The maximum absolute atomic E-state index is 12.8. The summed E-state index contributed by atoms with van der Waals surface area (Å²) in [5.41, 5.74) is 7.66. The van der Waals surface area contributed by atoms with Crippen LogP contribution in [0.4, 0.5) is 19.0 Å². The number of hydrazine groups is 1. The minimum absolute atomic E-state index is 0.147. The van der Waals surface area contributed by atoms with Crippen molar-refractivity contribution in [2.45, 2.75) is 25.2 Å². The summed E-state index contributed by atoms with van der Waals surface area (Å²) in [7, 11) is 0. The standard InChI is InChI=1S/C22H25F3N6/c1-15-13-30(8-9-31(15)20-7-6-19(12-27-20)22(23,24)25)14-18-11-28-29-21(18)17-4-2-16(10-26)3-5-17/h2-7,12,15,18,21,28-29H,8-9,11,13-14H2,1H3/t15-,18?,21?/m1/s1. The van der Waals surface area contributed by atoms with Gasteiger partial charge in [-0.1, -0.05) is 12.1 Å². The lowest BCUT2D eigenvalue weighted by Crippen LogP contribution is -2.53. The summed E-state index contributed by atoms with van der Waals surface area (Å²) in [5.74, 6) is 0.954. The van der Waals surface area contributed by atoms with E-state index < -0.39 is 11.7 Å². The first-order valence-corrected chi connectivity index (χ1v) is 10.4. The van der Waals surface area contributed by atoms with Crippen LogP contribution in [0, 0.1) is 17.2 Å². The second-order valence-corrected chi connectivity index (χ2v) is 8.20. The number of benzene rings is 1. The van der Waals surface area contributed by atoms with E-state index >= 15 is 0 Å². The summed E-state index contributed by atoms with van der Waals surface area (Å²) >= 11 is 0. The second-order valence-electron chi connectivity index (χ2n) is 8.20. The van der Waals surface area contributed by atoms with E-state index in [-0.39, 0.29) is 12.1 Å². The van der Waals surface area contributed by atoms with Gasteiger partial charge in [-0.05, 0) is 36.8 Å². The van der Waals surface area contributed by atoms with Crippen molar-refractivity contribution in [3.05, 3.63) is 59.3 Å². The van der Waals surface area contributed by atoms with Crippen molar-refractivity contribution in [1.29, 1.82) is 5.26 Å². The molecule has 2 saturated heterocycles. The van der Waals surface area contributed by atoms with Gasteiger partial charge >= 0.3 is 6.18 Å².